The molecule has 2 rings (SSSR count). The van der Waals surface area contributed by atoms with E-state index in [1.165, 1.54) is 12.4 Å². The minimum absolute atomic E-state index is 0.268. The summed E-state index contributed by atoms with van der Waals surface area (Å²) in [5.41, 5.74) is 1.10. The lowest BCUT2D eigenvalue weighted by molar-refractivity contribution is 0.102. The van der Waals surface area contributed by atoms with Crippen molar-refractivity contribution in [2.45, 2.75) is 13.8 Å². The monoisotopic (exact) mass is 265 g/mol. The van der Waals surface area contributed by atoms with Gasteiger partial charge in [0.2, 0.25) is 0 Å². The molecular weight excluding hydrogens is 254 g/mol. The van der Waals surface area contributed by atoms with Crippen LogP contribution in [0.2, 0.25) is 0 Å². The van der Waals surface area contributed by atoms with Gasteiger partial charge in [0.25, 0.3) is 5.91 Å². The Labute approximate surface area is 107 Å². The van der Waals surface area contributed by atoms with Crippen molar-refractivity contribution >= 4 is 23.1 Å². The number of nitrogens with one attached hydrogen (secondary N) is 1. The third-order valence-electron chi connectivity index (χ3n) is 2.02. The van der Waals surface area contributed by atoms with Gasteiger partial charge in [0.1, 0.15) is 4.88 Å². The summed E-state index contributed by atoms with van der Waals surface area (Å²) in [5.74, 6) is -0.268. The Bertz CT molecular complexity index is 539. The van der Waals surface area contributed by atoms with E-state index in [-0.39, 0.29) is 11.9 Å². The minimum Gasteiger partial charge on any atom is -0.464 e. The first-order valence-electron chi connectivity index (χ1n) is 5.26. The molecule has 7 nitrogen and oxygen atoms in total. The van der Waals surface area contributed by atoms with Crippen LogP contribution in [-0.2, 0) is 0 Å². The fourth-order valence-electron chi connectivity index (χ4n) is 1.21. The van der Waals surface area contributed by atoms with E-state index in [1.807, 2.05) is 6.92 Å². The van der Waals surface area contributed by atoms with Crippen LogP contribution < -0.4 is 10.1 Å². The predicted octanol–water partition coefficient (Wildman–Crippen LogP) is 1.29. The van der Waals surface area contributed by atoms with Gasteiger partial charge in [-0.3, -0.25) is 4.79 Å². The van der Waals surface area contributed by atoms with E-state index in [0.29, 0.717) is 22.9 Å². The number of hydrogen-bond acceptors (Lipinski definition) is 7. The Balaban J connectivity index is 2.05. The number of ether oxygens (including phenoxy) is 1. The summed E-state index contributed by atoms with van der Waals surface area (Å²) in [6.45, 7) is 4.07. The van der Waals surface area contributed by atoms with Crippen LogP contribution in [0, 0.1) is 6.92 Å². The molecule has 0 unspecified atom stereocenters. The molecule has 1 amide bonds. The zero-order chi connectivity index (χ0) is 13.0. The number of carbonyl (C=O) groups excluding carboxylic acids is 1. The van der Waals surface area contributed by atoms with Crippen molar-refractivity contribution in [2.24, 2.45) is 0 Å². The van der Waals surface area contributed by atoms with E-state index >= 15 is 0 Å². The SMILES string of the molecule is CCOc1ncc(NC(=O)c2snnc2C)cn1. The molecule has 2 aromatic rings. The quantitative estimate of drug-likeness (QED) is 0.895. The number of aryl methyl sites for hydroxylation is 1. The van der Waals surface area contributed by atoms with Gasteiger partial charge < -0.3 is 10.1 Å². The number of hydrogen-bond donors (Lipinski definition) is 1. The van der Waals surface area contributed by atoms with Gasteiger partial charge in [0, 0.05) is 0 Å². The molecule has 0 aromatic carbocycles. The van der Waals surface area contributed by atoms with Crippen LogP contribution in [0.1, 0.15) is 22.3 Å². The first-order chi connectivity index (χ1) is 8.70. The summed E-state index contributed by atoms with van der Waals surface area (Å²) in [6, 6.07) is 0.283. The first kappa shape index (κ1) is 12.4. The molecule has 94 valence electrons. The van der Waals surface area contributed by atoms with Crippen molar-refractivity contribution in [3.63, 3.8) is 0 Å². The number of aromatic nitrogens is 4. The minimum atomic E-state index is -0.268. The normalized spacial score (nSPS) is 10.1. The molecule has 0 aliphatic carbocycles. The van der Waals surface area contributed by atoms with Crippen LogP contribution in [0.3, 0.4) is 0 Å². The van der Waals surface area contributed by atoms with Crippen molar-refractivity contribution in [1.82, 2.24) is 19.6 Å². The van der Waals surface area contributed by atoms with E-state index in [2.05, 4.69) is 24.9 Å². The Morgan fingerprint density at radius 2 is 2.17 bits per heavy atom. The molecule has 0 spiro atoms. The molecule has 0 saturated heterocycles. The van der Waals surface area contributed by atoms with Gasteiger partial charge in [-0.15, -0.1) is 5.10 Å². The van der Waals surface area contributed by atoms with Gasteiger partial charge in [-0.25, -0.2) is 9.97 Å². The molecule has 2 aromatic heterocycles. The molecule has 18 heavy (non-hydrogen) atoms. The summed E-state index contributed by atoms with van der Waals surface area (Å²) >= 11 is 1.05. The average Bonchev–Trinajstić information content (AvgIpc) is 2.78. The Morgan fingerprint density at radius 1 is 1.44 bits per heavy atom. The van der Waals surface area contributed by atoms with E-state index in [0.717, 1.165) is 11.5 Å². The zero-order valence-corrected chi connectivity index (χ0v) is 10.7. The second-order valence-corrected chi connectivity index (χ2v) is 4.08. The van der Waals surface area contributed by atoms with Gasteiger partial charge in [-0.2, -0.15) is 0 Å². The smallest absolute Gasteiger partial charge is 0.316 e. The number of rotatable bonds is 4. The van der Waals surface area contributed by atoms with Crippen LogP contribution in [0.25, 0.3) is 0 Å². The molecule has 0 fully saturated rings. The molecule has 8 heteroatoms. The second kappa shape index (κ2) is 5.50. The van der Waals surface area contributed by atoms with E-state index in [4.69, 9.17) is 4.74 Å². The second-order valence-electron chi connectivity index (χ2n) is 3.33. The number of carbonyl (C=O) groups is 1. The van der Waals surface area contributed by atoms with Crippen LogP contribution in [-0.4, -0.2) is 32.1 Å². The maximum Gasteiger partial charge on any atom is 0.316 e. The number of anilines is 1. The van der Waals surface area contributed by atoms with Crippen LogP contribution in [0.5, 0.6) is 6.01 Å². The lowest BCUT2D eigenvalue weighted by Crippen LogP contribution is -2.12. The van der Waals surface area contributed by atoms with E-state index in [9.17, 15) is 4.79 Å². The van der Waals surface area contributed by atoms with Gasteiger partial charge >= 0.3 is 6.01 Å². The lowest BCUT2D eigenvalue weighted by Gasteiger charge is -2.04. The molecule has 0 aliphatic heterocycles. The summed E-state index contributed by atoms with van der Waals surface area (Å²) in [5, 5.41) is 6.44. The molecule has 0 bridgehead atoms. The first-order valence-corrected chi connectivity index (χ1v) is 6.03. The summed E-state index contributed by atoms with van der Waals surface area (Å²) in [4.78, 5) is 20.2. The van der Waals surface area contributed by atoms with Gasteiger partial charge in [0.15, 0.2) is 0 Å². The van der Waals surface area contributed by atoms with Crippen LogP contribution >= 0.6 is 11.5 Å². The number of amides is 1. The topological polar surface area (TPSA) is 89.9 Å². The van der Waals surface area contributed by atoms with E-state index < -0.39 is 0 Å². The fourth-order valence-corrected chi connectivity index (χ4v) is 1.76. The van der Waals surface area contributed by atoms with Crippen LogP contribution in [0.15, 0.2) is 12.4 Å². The van der Waals surface area contributed by atoms with E-state index in [1.54, 1.807) is 6.92 Å². The highest BCUT2D eigenvalue weighted by molar-refractivity contribution is 7.08. The molecule has 0 aliphatic rings. The third-order valence-corrected chi connectivity index (χ3v) is 2.84. The third kappa shape index (κ3) is 2.77. The highest BCUT2D eigenvalue weighted by atomic mass is 32.1. The highest BCUT2D eigenvalue weighted by Gasteiger charge is 2.13. The Kier molecular flexibility index (Phi) is 3.78. The maximum absolute atomic E-state index is 11.8. The summed E-state index contributed by atoms with van der Waals surface area (Å²) in [7, 11) is 0. The summed E-state index contributed by atoms with van der Waals surface area (Å²) < 4.78 is 8.81. The molecule has 1 N–H and O–H groups in total. The average molecular weight is 265 g/mol. The Hall–Kier alpha value is -2.09. The van der Waals surface area contributed by atoms with Gasteiger partial charge in [-0.05, 0) is 25.4 Å². The maximum atomic E-state index is 11.8. The van der Waals surface area contributed by atoms with Crippen molar-refractivity contribution < 1.29 is 9.53 Å². The zero-order valence-electron chi connectivity index (χ0n) is 9.88. The summed E-state index contributed by atoms with van der Waals surface area (Å²) in [6.07, 6.45) is 2.97. The molecule has 0 atom stereocenters. The highest BCUT2D eigenvalue weighted by Crippen LogP contribution is 2.13. The fraction of sp³-hybridized carbons (Fsp3) is 0.300. The molecule has 0 saturated carbocycles. The van der Waals surface area contributed by atoms with Gasteiger partial charge in [0.05, 0.1) is 30.4 Å². The van der Waals surface area contributed by atoms with Crippen molar-refractivity contribution in [1.29, 1.82) is 0 Å². The molecule has 2 heterocycles. The standard InChI is InChI=1S/C10H11N5O2S/c1-3-17-10-11-4-7(5-12-10)13-9(16)8-6(2)14-15-18-8/h4-5H,3H2,1-2H3,(H,13,16). The largest absolute Gasteiger partial charge is 0.464 e. The van der Waals surface area contributed by atoms with Crippen molar-refractivity contribution in [2.75, 3.05) is 11.9 Å². The van der Waals surface area contributed by atoms with Crippen molar-refractivity contribution in [3.8, 4) is 6.01 Å². The lowest BCUT2D eigenvalue weighted by atomic mass is 10.3. The predicted molar refractivity (Wildman–Crippen MR) is 65.8 cm³/mol. The molecular formula is C10H11N5O2S. The van der Waals surface area contributed by atoms with Gasteiger partial charge in [-0.1, -0.05) is 4.49 Å². The van der Waals surface area contributed by atoms with Crippen molar-refractivity contribution in [3.05, 3.63) is 23.0 Å². The van der Waals surface area contributed by atoms with Crippen LogP contribution in [0.4, 0.5) is 5.69 Å². The molecule has 0 radical (unpaired) electrons. The number of nitrogens with zero attached hydrogens (tertiary/aromatic N) is 4. The Morgan fingerprint density at radius 3 is 2.72 bits per heavy atom.